The van der Waals surface area contributed by atoms with Gasteiger partial charge in [-0.05, 0) is 32.6 Å². The Morgan fingerprint density at radius 3 is 2.75 bits per heavy atom. The molecule has 1 aliphatic carbocycles. The quantitative estimate of drug-likeness (QED) is 0.807. The van der Waals surface area contributed by atoms with Gasteiger partial charge in [0.15, 0.2) is 0 Å². The monoisotopic (exact) mass is 242 g/mol. The van der Waals surface area contributed by atoms with Crippen LogP contribution < -0.4 is 5.32 Å². The van der Waals surface area contributed by atoms with E-state index < -0.39 is 0 Å². The Morgan fingerprint density at radius 1 is 1.50 bits per heavy atom. The minimum atomic E-state index is 0.0555. The highest BCUT2D eigenvalue weighted by molar-refractivity contribution is 7.99. The van der Waals surface area contributed by atoms with Crippen LogP contribution in [0.5, 0.6) is 0 Å². The van der Waals surface area contributed by atoms with E-state index in [2.05, 4.69) is 24.1 Å². The zero-order valence-corrected chi connectivity index (χ0v) is 11.1. The lowest BCUT2D eigenvalue weighted by atomic mass is 10.2. The Morgan fingerprint density at radius 2 is 2.25 bits per heavy atom. The van der Waals surface area contributed by atoms with E-state index in [0.29, 0.717) is 11.9 Å². The molecule has 3 nitrogen and oxygen atoms in total. The smallest absolute Gasteiger partial charge is 0.240 e. The maximum Gasteiger partial charge on any atom is 0.240 e. The number of rotatable bonds is 4. The van der Waals surface area contributed by atoms with Crippen LogP contribution in [-0.2, 0) is 4.79 Å². The van der Waals surface area contributed by atoms with E-state index in [4.69, 9.17) is 0 Å². The van der Waals surface area contributed by atoms with Crippen LogP contribution in [0.1, 0.15) is 26.7 Å². The summed E-state index contributed by atoms with van der Waals surface area (Å²) >= 11 is 1.88. The van der Waals surface area contributed by atoms with Gasteiger partial charge in [0.2, 0.25) is 5.91 Å². The van der Waals surface area contributed by atoms with Crippen LogP contribution in [0.2, 0.25) is 0 Å². The van der Waals surface area contributed by atoms with Crippen LogP contribution in [-0.4, -0.2) is 47.5 Å². The summed E-state index contributed by atoms with van der Waals surface area (Å²) in [5.74, 6) is 3.16. The zero-order chi connectivity index (χ0) is 11.5. The molecule has 1 unspecified atom stereocenters. The summed E-state index contributed by atoms with van der Waals surface area (Å²) in [5, 5.41) is 3.34. The fourth-order valence-corrected chi connectivity index (χ4v) is 2.98. The highest BCUT2D eigenvalue weighted by Crippen LogP contribution is 2.30. The first-order chi connectivity index (χ1) is 7.68. The normalized spacial score (nSPS) is 25.8. The number of nitrogens with zero attached hydrogens (tertiary/aromatic N) is 1. The minimum absolute atomic E-state index is 0.0555. The maximum absolute atomic E-state index is 12.4. The predicted molar refractivity (Wildman–Crippen MR) is 68.7 cm³/mol. The predicted octanol–water partition coefficient (Wildman–Crippen LogP) is 1.34. The molecule has 1 N–H and O–H groups in total. The van der Waals surface area contributed by atoms with Crippen LogP contribution >= 0.6 is 11.8 Å². The highest BCUT2D eigenvalue weighted by Gasteiger charge is 2.32. The Balaban J connectivity index is 1.91. The first-order valence-corrected chi connectivity index (χ1v) is 7.45. The second kappa shape index (κ2) is 5.41. The van der Waals surface area contributed by atoms with E-state index in [0.717, 1.165) is 30.5 Å². The van der Waals surface area contributed by atoms with E-state index in [1.54, 1.807) is 0 Å². The number of amides is 1. The number of hydrogen-bond donors (Lipinski definition) is 1. The molecule has 0 spiro atoms. The van der Waals surface area contributed by atoms with Crippen LogP contribution in [0.25, 0.3) is 0 Å². The van der Waals surface area contributed by atoms with Crippen molar-refractivity contribution in [2.75, 3.05) is 24.6 Å². The van der Waals surface area contributed by atoms with Crippen LogP contribution in [0.15, 0.2) is 0 Å². The molecular formula is C12H22N2OS. The highest BCUT2D eigenvalue weighted by atomic mass is 32.2. The molecule has 1 aliphatic heterocycles. The first kappa shape index (κ1) is 12.2. The molecule has 2 aliphatic rings. The van der Waals surface area contributed by atoms with Crippen molar-refractivity contribution in [3.05, 3.63) is 0 Å². The van der Waals surface area contributed by atoms with Crippen molar-refractivity contribution in [3.8, 4) is 0 Å². The average molecular weight is 242 g/mol. The molecule has 92 valence electrons. The molecule has 0 aromatic carbocycles. The molecule has 1 saturated carbocycles. The van der Waals surface area contributed by atoms with Gasteiger partial charge in [0.05, 0.1) is 6.04 Å². The van der Waals surface area contributed by atoms with Gasteiger partial charge in [-0.2, -0.15) is 11.8 Å². The molecule has 4 heteroatoms. The molecule has 0 aromatic rings. The Labute approximate surface area is 102 Å². The molecular weight excluding hydrogens is 220 g/mol. The molecule has 1 heterocycles. The summed E-state index contributed by atoms with van der Waals surface area (Å²) < 4.78 is 0. The molecule has 0 radical (unpaired) electrons. The summed E-state index contributed by atoms with van der Waals surface area (Å²) in [4.78, 5) is 14.4. The molecule has 0 bridgehead atoms. The summed E-state index contributed by atoms with van der Waals surface area (Å²) in [6.45, 7) is 6.18. The SMILES string of the molecule is CC(C)N(CC1CC1)C(=O)C1CSCCN1. The molecule has 1 atom stereocenters. The van der Waals surface area contributed by atoms with Crippen LogP contribution in [0.4, 0.5) is 0 Å². The van der Waals surface area contributed by atoms with Gasteiger partial charge < -0.3 is 10.2 Å². The van der Waals surface area contributed by atoms with E-state index in [-0.39, 0.29) is 6.04 Å². The Kier molecular flexibility index (Phi) is 4.14. The van der Waals surface area contributed by atoms with Crippen molar-refractivity contribution >= 4 is 17.7 Å². The number of thioether (sulfide) groups is 1. The van der Waals surface area contributed by atoms with Crippen molar-refractivity contribution in [1.29, 1.82) is 0 Å². The largest absolute Gasteiger partial charge is 0.339 e. The lowest BCUT2D eigenvalue weighted by molar-refractivity contribution is -0.134. The third-order valence-electron chi connectivity index (χ3n) is 3.28. The number of hydrogen-bond acceptors (Lipinski definition) is 3. The molecule has 2 fully saturated rings. The topological polar surface area (TPSA) is 32.3 Å². The van der Waals surface area contributed by atoms with Gasteiger partial charge in [-0.3, -0.25) is 4.79 Å². The summed E-state index contributed by atoms with van der Waals surface area (Å²) in [7, 11) is 0. The zero-order valence-electron chi connectivity index (χ0n) is 10.2. The van der Waals surface area contributed by atoms with Gasteiger partial charge in [-0.1, -0.05) is 0 Å². The van der Waals surface area contributed by atoms with Crippen LogP contribution in [0.3, 0.4) is 0 Å². The van der Waals surface area contributed by atoms with Crippen molar-refractivity contribution in [2.24, 2.45) is 5.92 Å². The number of nitrogens with one attached hydrogen (secondary N) is 1. The number of carbonyl (C=O) groups is 1. The summed E-state index contributed by atoms with van der Waals surface area (Å²) in [6.07, 6.45) is 2.62. The fraction of sp³-hybridized carbons (Fsp3) is 0.917. The number of carbonyl (C=O) groups excluding carboxylic acids is 1. The first-order valence-electron chi connectivity index (χ1n) is 6.30. The van der Waals surface area contributed by atoms with Gasteiger partial charge >= 0.3 is 0 Å². The molecule has 1 amide bonds. The molecule has 1 saturated heterocycles. The van der Waals surface area contributed by atoms with Crippen molar-refractivity contribution in [2.45, 2.75) is 38.8 Å². The Bertz CT molecular complexity index is 247. The van der Waals surface area contributed by atoms with E-state index in [1.165, 1.54) is 12.8 Å². The lowest BCUT2D eigenvalue weighted by Crippen LogP contribution is -2.52. The Hall–Kier alpha value is -0.220. The standard InChI is InChI=1S/C12H22N2OS/c1-9(2)14(7-10-3-4-10)12(15)11-8-16-6-5-13-11/h9-11,13H,3-8H2,1-2H3. The maximum atomic E-state index is 12.4. The fourth-order valence-electron chi connectivity index (χ4n) is 2.06. The lowest BCUT2D eigenvalue weighted by Gasteiger charge is -2.32. The van der Waals surface area contributed by atoms with Crippen molar-refractivity contribution in [1.82, 2.24) is 10.2 Å². The minimum Gasteiger partial charge on any atom is -0.339 e. The third-order valence-corrected chi connectivity index (χ3v) is 4.34. The van der Waals surface area contributed by atoms with Crippen molar-refractivity contribution in [3.63, 3.8) is 0 Å². The second-order valence-electron chi connectivity index (χ2n) is 5.11. The molecule has 2 rings (SSSR count). The van der Waals surface area contributed by atoms with Gasteiger partial charge in [0.25, 0.3) is 0 Å². The van der Waals surface area contributed by atoms with E-state index >= 15 is 0 Å². The van der Waals surface area contributed by atoms with Crippen molar-refractivity contribution < 1.29 is 4.79 Å². The summed E-state index contributed by atoms with van der Waals surface area (Å²) in [6, 6.07) is 0.390. The van der Waals surface area contributed by atoms with E-state index in [1.807, 2.05) is 11.8 Å². The van der Waals surface area contributed by atoms with Gasteiger partial charge in [-0.25, -0.2) is 0 Å². The molecule has 0 aromatic heterocycles. The van der Waals surface area contributed by atoms with Gasteiger partial charge in [0, 0.05) is 30.6 Å². The second-order valence-corrected chi connectivity index (χ2v) is 6.26. The third kappa shape index (κ3) is 3.14. The van der Waals surface area contributed by atoms with Crippen LogP contribution in [0, 0.1) is 5.92 Å². The van der Waals surface area contributed by atoms with Gasteiger partial charge in [-0.15, -0.1) is 0 Å². The van der Waals surface area contributed by atoms with Gasteiger partial charge in [0.1, 0.15) is 0 Å². The average Bonchev–Trinajstić information content (AvgIpc) is 3.09. The molecule has 16 heavy (non-hydrogen) atoms. The van der Waals surface area contributed by atoms with E-state index in [9.17, 15) is 4.79 Å². The summed E-state index contributed by atoms with van der Waals surface area (Å²) in [5.41, 5.74) is 0.